The predicted octanol–water partition coefficient (Wildman–Crippen LogP) is 3.72. The zero-order chi connectivity index (χ0) is 17.5. The highest BCUT2D eigenvalue weighted by atomic mass is 16.2. The van der Waals surface area contributed by atoms with Crippen molar-refractivity contribution in [3.63, 3.8) is 0 Å². The van der Waals surface area contributed by atoms with Crippen molar-refractivity contribution in [1.29, 1.82) is 0 Å². The van der Waals surface area contributed by atoms with E-state index in [9.17, 15) is 9.59 Å². The van der Waals surface area contributed by atoms with Crippen LogP contribution < -0.4 is 10.6 Å². The average Bonchev–Trinajstić information content (AvgIpc) is 2.56. The number of nitrogens with zero attached hydrogens (tertiary/aromatic N) is 1. The van der Waals surface area contributed by atoms with Crippen LogP contribution in [0.15, 0.2) is 24.3 Å². The molecule has 1 aromatic rings. The van der Waals surface area contributed by atoms with E-state index in [0.29, 0.717) is 12.3 Å². The normalized spacial score (nSPS) is 15.4. The van der Waals surface area contributed by atoms with E-state index in [1.54, 1.807) is 0 Å². The van der Waals surface area contributed by atoms with Gasteiger partial charge in [0.1, 0.15) is 0 Å². The lowest BCUT2D eigenvalue weighted by atomic mass is 10.0. The summed E-state index contributed by atoms with van der Waals surface area (Å²) in [5, 5.41) is 5.89. The van der Waals surface area contributed by atoms with Gasteiger partial charge in [-0.25, -0.2) is 4.79 Å². The fourth-order valence-electron chi connectivity index (χ4n) is 2.95. The first-order valence-corrected chi connectivity index (χ1v) is 8.94. The second-order valence-electron chi connectivity index (χ2n) is 6.78. The molecule has 0 aromatic heterocycles. The van der Waals surface area contributed by atoms with Crippen LogP contribution in [-0.4, -0.2) is 36.0 Å². The van der Waals surface area contributed by atoms with E-state index in [1.165, 1.54) is 5.56 Å². The maximum absolute atomic E-state index is 12.1. The predicted molar refractivity (Wildman–Crippen MR) is 97.2 cm³/mol. The summed E-state index contributed by atoms with van der Waals surface area (Å²) in [6.07, 6.45) is 3.13. The molecule has 24 heavy (non-hydrogen) atoms. The first kappa shape index (κ1) is 18.3. The first-order chi connectivity index (χ1) is 11.5. The zero-order valence-electron chi connectivity index (χ0n) is 15.0. The van der Waals surface area contributed by atoms with Crippen molar-refractivity contribution in [2.24, 2.45) is 0 Å². The van der Waals surface area contributed by atoms with Crippen LogP contribution in [0.5, 0.6) is 0 Å². The Hall–Kier alpha value is -2.04. The van der Waals surface area contributed by atoms with E-state index in [2.05, 4.69) is 24.5 Å². The van der Waals surface area contributed by atoms with Crippen LogP contribution in [0.1, 0.15) is 57.9 Å². The molecule has 0 spiro atoms. The first-order valence-electron chi connectivity index (χ1n) is 8.94. The van der Waals surface area contributed by atoms with Gasteiger partial charge in [0.25, 0.3) is 0 Å². The van der Waals surface area contributed by atoms with Crippen LogP contribution in [0.3, 0.4) is 0 Å². The highest BCUT2D eigenvalue weighted by molar-refractivity contribution is 5.89. The van der Waals surface area contributed by atoms with Gasteiger partial charge in [-0.2, -0.15) is 0 Å². The van der Waals surface area contributed by atoms with Crippen molar-refractivity contribution in [2.45, 2.75) is 58.4 Å². The van der Waals surface area contributed by atoms with E-state index >= 15 is 0 Å². The van der Waals surface area contributed by atoms with E-state index in [0.717, 1.165) is 38.0 Å². The Morgan fingerprint density at radius 2 is 1.79 bits per heavy atom. The number of amides is 3. The minimum absolute atomic E-state index is 0.130. The van der Waals surface area contributed by atoms with Crippen LogP contribution in [0.2, 0.25) is 0 Å². The van der Waals surface area contributed by atoms with E-state index < -0.39 is 0 Å². The van der Waals surface area contributed by atoms with Crippen molar-refractivity contribution < 1.29 is 9.59 Å². The number of anilines is 1. The molecule has 5 heteroatoms. The molecule has 132 valence electrons. The van der Waals surface area contributed by atoms with Crippen molar-refractivity contribution in [1.82, 2.24) is 10.2 Å². The zero-order valence-corrected chi connectivity index (χ0v) is 15.0. The molecule has 1 heterocycles. The number of nitrogens with one attached hydrogen (secondary N) is 2. The minimum atomic E-state index is -0.175. The molecule has 1 fully saturated rings. The second-order valence-corrected chi connectivity index (χ2v) is 6.78. The lowest BCUT2D eigenvalue weighted by Crippen LogP contribution is -2.47. The smallest absolute Gasteiger partial charge is 0.319 e. The Kier molecular flexibility index (Phi) is 6.64. The number of piperidine rings is 1. The maximum atomic E-state index is 12.1. The number of hydrogen-bond acceptors (Lipinski definition) is 2. The molecule has 0 radical (unpaired) electrons. The summed E-state index contributed by atoms with van der Waals surface area (Å²) >= 11 is 0. The molecule has 1 saturated heterocycles. The average molecular weight is 331 g/mol. The Balaban J connectivity index is 1.76. The summed E-state index contributed by atoms with van der Waals surface area (Å²) in [6.45, 7) is 7.77. The topological polar surface area (TPSA) is 61.4 Å². The molecule has 0 aliphatic carbocycles. The molecule has 0 bridgehead atoms. The molecule has 1 aromatic carbocycles. The Morgan fingerprint density at radius 1 is 1.17 bits per heavy atom. The SMILES string of the molecule is CCCC(=O)N1CCC(NC(=O)Nc2ccc(C(C)C)cc2)CC1. The molecule has 0 unspecified atom stereocenters. The van der Waals surface area contributed by atoms with Crippen LogP contribution in [0.25, 0.3) is 0 Å². The van der Waals surface area contributed by atoms with Crippen molar-refractivity contribution in [3.05, 3.63) is 29.8 Å². The Bertz CT molecular complexity index is 546. The van der Waals surface area contributed by atoms with Gasteiger partial charge in [0.05, 0.1) is 0 Å². The third-order valence-corrected chi connectivity index (χ3v) is 4.48. The van der Waals surface area contributed by atoms with Gasteiger partial charge in [-0.3, -0.25) is 4.79 Å². The van der Waals surface area contributed by atoms with Gasteiger partial charge in [0.2, 0.25) is 5.91 Å². The van der Waals surface area contributed by atoms with Crippen LogP contribution in [0.4, 0.5) is 10.5 Å². The van der Waals surface area contributed by atoms with E-state index in [-0.39, 0.29) is 18.0 Å². The molecular formula is C19H29N3O2. The van der Waals surface area contributed by atoms with Gasteiger partial charge in [-0.1, -0.05) is 32.9 Å². The number of hydrogen-bond donors (Lipinski definition) is 2. The van der Waals surface area contributed by atoms with Crippen LogP contribution >= 0.6 is 0 Å². The summed E-state index contributed by atoms with van der Waals surface area (Å²) in [5.41, 5.74) is 2.05. The molecule has 1 aliphatic rings. The van der Waals surface area contributed by atoms with Gasteiger partial charge in [0.15, 0.2) is 0 Å². The molecule has 5 nitrogen and oxygen atoms in total. The third-order valence-electron chi connectivity index (χ3n) is 4.48. The van der Waals surface area contributed by atoms with Gasteiger partial charge in [0, 0.05) is 31.2 Å². The number of likely N-dealkylation sites (tertiary alicyclic amines) is 1. The summed E-state index contributed by atoms with van der Waals surface area (Å²) < 4.78 is 0. The lowest BCUT2D eigenvalue weighted by Gasteiger charge is -2.32. The van der Waals surface area contributed by atoms with Gasteiger partial charge in [-0.15, -0.1) is 0 Å². The molecule has 0 saturated carbocycles. The third kappa shape index (κ3) is 5.25. The molecule has 2 N–H and O–H groups in total. The number of urea groups is 1. The largest absolute Gasteiger partial charge is 0.343 e. The van der Waals surface area contributed by atoms with Crippen molar-refractivity contribution >= 4 is 17.6 Å². The fourth-order valence-corrected chi connectivity index (χ4v) is 2.95. The highest BCUT2D eigenvalue weighted by Gasteiger charge is 2.23. The van der Waals surface area contributed by atoms with Crippen molar-refractivity contribution in [3.8, 4) is 0 Å². The summed E-state index contributed by atoms with van der Waals surface area (Å²) in [6, 6.07) is 7.90. The molecule has 2 rings (SSSR count). The van der Waals surface area contributed by atoms with Crippen LogP contribution in [-0.2, 0) is 4.79 Å². The van der Waals surface area contributed by atoms with Crippen LogP contribution in [0, 0.1) is 0 Å². The number of carbonyl (C=O) groups excluding carboxylic acids is 2. The number of benzene rings is 1. The Morgan fingerprint density at radius 3 is 2.33 bits per heavy atom. The second kappa shape index (κ2) is 8.71. The highest BCUT2D eigenvalue weighted by Crippen LogP contribution is 2.17. The number of carbonyl (C=O) groups is 2. The summed E-state index contributed by atoms with van der Waals surface area (Å²) in [5.74, 6) is 0.708. The molecular weight excluding hydrogens is 302 g/mol. The fraction of sp³-hybridized carbons (Fsp3) is 0.579. The van der Waals surface area contributed by atoms with Gasteiger partial charge >= 0.3 is 6.03 Å². The Labute approximate surface area is 144 Å². The summed E-state index contributed by atoms with van der Waals surface area (Å²) in [7, 11) is 0. The monoisotopic (exact) mass is 331 g/mol. The molecule has 0 atom stereocenters. The van der Waals surface area contributed by atoms with E-state index in [1.807, 2.05) is 36.1 Å². The quantitative estimate of drug-likeness (QED) is 0.864. The minimum Gasteiger partial charge on any atom is -0.343 e. The van der Waals surface area contributed by atoms with Gasteiger partial charge < -0.3 is 15.5 Å². The van der Waals surface area contributed by atoms with Gasteiger partial charge in [-0.05, 0) is 42.9 Å². The summed E-state index contributed by atoms with van der Waals surface area (Å²) in [4.78, 5) is 25.9. The maximum Gasteiger partial charge on any atom is 0.319 e. The van der Waals surface area contributed by atoms with Crippen molar-refractivity contribution in [2.75, 3.05) is 18.4 Å². The molecule has 1 aliphatic heterocycles. The standard InChI is InChI=1S/C19H29N3O2/c1-4-5-18(23)22-12-10-17(11-13-22)21-19(24)20-16-8-6-15(7-9-16)14(2)3/h6-9,14,17H,4-5,10-13H2,1-3H3,(H2,20,21,24). The molecule has 3 amide bonds. The number of rotatable bonds is 5. The van der Waals surface area contributed by atoms with E-state index in [4.69, 9.17) is 0 Å². The lowest BCUT2D eigenvalue weighted by molar-refractivity contribution is -0.132.